The summed E-state index contributed by atoms with van der Waals surface area (Å²) >= 11 is 0. The molecule has 1 atom stereocenters. The third kappa shape index (κ3) is 4.97. The minimum absolute atomic E-state index is 0.0494. The highest BCUT2D eigenvalue weighted by molar-refractivity contribution is 4.81. The normalized spacial score (nSPS) is 19.7. The van der Waals surface area contributed by atoms with Gasteiger partial charge in [-0.25, -0.2) is 0 Å². The Balaban J connectivity index is 2.03. The van der Waals surface area contributed by atoms with E-state index < -0.39 is 0 Å². The zero-order chi connectivity index (χ0) is 10.6. The molecule has 1 N–H and O–H groups in total. The highest BCUT2D eigenvalue weighted by Crippen LogP contribution is 2.21. The minimum Gasteiger partial charge on any atom is -0.379 e. The molecule has 1 unspecified atom stereocenters. The topological polar surface area (TPSA) is 21.3 Å². The maximum absolute atomic E-state index is 5.41. The van der Waals surface area contributed by atoms with Crippen molar-refractivity contribution in [2.45, 2.75) is 58.1 Å². The van der Waals surface area contributed by atoms with Crippen LogP contribution in [-0.4, -0.2) is 25.3 Å². The monoisotopic (exact) mass is 199 g/mol. The van der Waals surface area contributed by atoms with Crippen LogP contribution in [0.5, 0.6) is 0 Å². The van der Waals surface area contributed by atoms with Crippen molar-refractivity contribution in [3.8, 4) is 0 Å². The van der Waals surface area contributed by atoms with Gasteiger partial charge in [-0.15, -0.1) is 0 Å². The van der Waals surface area contributed by atoms with Gasteiger partial charge in [0, 0.05) is 13.2 Å². The molecule has 0 radical (unpaired) electrons. The summed E-state index contributed by atoms with van der Waals surface area (Å²) in [7, 11) is 1.80. The van der Waals surface area contributed by atoms with Gasteiger partial charge in [0.2, 0.25) is 0 Å². The summed E-state index contributed by atoms with van der Waals surface area (Å²) in [5.74, 6) is 0.769. The molecule has 0 bridgehead atoms. The fourth-order valence-electron chi connectivity index (χ4n) is 1.45. The zero-order valence-electron chi connectivity index (χ0n) is 10.1. The average Bonchev–Trinajstić information content (AvgIpc) is 2.95. The van der Waals surface area contributed by atoms with Gasteiger partial charge in [0.05, 0.1) is 5.60 Å². The lowest BCUT2D eigenvalue weighted by atomic mass is 9.96. The molecule has 0 amide bonds. The van der Waals surface area contributed by atoms with Crippen molar-refractivity contribution in [1.82, 2.24) is 5.32 Å². The highest BCUT2D eigenvalue weighted by Gasteiger charge is 2.22. The molecule has 1 aliphatic carbocycles. The summed E-state index contributed by atoms with van der Waals surface area (Å²) in [5.41, 5.74) is 0.0494. The minimum atomic E-state index is 0.0494. The van der Waals surface area contributed by atoms with E-state index in [1.807, 2.05) is 0 Å². The van der Waals surface area contributed by atoms with Gasteiger partial charge in [-0.1, -0.05) is 6.92 Å². The predicted molar refractivity (Wildman–Crippen MR) is 60.5 cm³/mol. The van der Waals surface area contributed by atoms with Gasteiger partial charge in [-0.3, -0.25) is 0 Å². The lowest BCUT2D eigenvalue weighted by molar-refractivity contribution is 0.0109. The molecule has 2 heteroatoms. The van der Waals surface area contributed by atoms with Crippen LogP contribution in [0.1, 0.15) is 46.5 Å². The van der Waals surface area contributed by atoms with Crippen molar-refractivity contribution in [1.29, 1.82) is 0 Å². The number of ether oxygens (including phenoxy) is 1. The lowest BCUT2D eigenvalue weighted by Crippen LogP contribution is -2.27. The Hall–Kier alpha value is -0.0800. The molecule has 1 saturated carbocycles. The fourth-order valence-corrected chi connectivity index (χ4v) is 1.45. The summed E-state index contributed by atoms with van der Waals surface area (Å²) in [4.78, 5) is 0. The van der Waals surface area contributed by atoms with Crippen molar-refractivity contribution in [3.63, 3.8) is 0 Å². The van der Waals surface area contributed by atoms with Crippen molar-refractivity contribution >= 4 is 0 Å². The molecular weight excluding hydrogens is 174 g/mol. The van der Waals surface area contributed by atoms with Crippen LogP contribution in [-0.2, 0) is 4.74 Å². The predicted octanol–water partition coefficient (Wildman–Crippen LogP) is 2.58. The number of rotatable bonds is 7. The first-order valence-corrected chi connectivity index (χ1v) is 5.82. The van der Waals surface area contributed by atoms with Gasteiger partial charge in [0.1, 0.15) is 0 Å². The van der Waals surface area contributed by atoms with E-state index in [4.69, 9.17) is 4.74 Å². The first-order chi connectivity index (χ1) is 6.53. The summed E-state index contributed by atoms with van der Waals surface area (Å²) in [6.07, 6.45) is 5.17. The molecule has 84 valence electrons. The molecule has 2 nitrogen and oxygen atoms in total. The Morgan fingerprint density at radius 3 is 2.57 bits per heavy atom. The third-order valence-corrected chi connectivity index (χ3v) is 3.12. The standard InChI is InChI=1S/C12H25NO/c1-10(9-13-11-5-6-11)7-8-12(2,3)14-4/h10-11,13H,5-9H2,1-4H3. The largest absolute Gasteiger partial charge is 0.379 e. The summed E-state index contributed by atoms with van der Waals surface area (Å²) < 4.78 is 5.41. The van der Waals surface area contributed by atoms with Crippen LogP contribution in [0.3, 0.4) is 0 Å². The second-order valence-corrected chi connectivity index (χ2v) is 5.29. The van der Waals surface area contributed by atoms with E-state index in [2.05, 4.69) is 26.1 Å². The van der Waals surface area contributed by atoms with Crippen molar-refractivity contribution in [3.05, 3.63) is 0 Å². The zero-order valence-corrected chi connectivity index (χ0v) is 10.1. The molecule has 1 fully saturated rings. The fraction of sp³-hybridized carbons (Fsp3) is 1.00. The van der Waals surface area contributed by atoms with E-state index in [0.29, 0.717) is 0 Å². The van der Waals surface area contributed by atoms with Gasteiger partial charge >= 0.3 is 0 Å². The highest BCUT2D eigenvalue weighted by atomic mass is 16.5. The van der Waals surface area contributed by atoms with Gasteiger partial charge in [-0.2, -0.15) is 0 Å². The van der Waals surface area contributed by atoms with Crippen LogP contribution >= 0.6 is 0 Å². The van der Waals surface area contributed by atoms with Crippen LogP contribution in [0.2, 0.25) is 0 Å². The van der Waals surface area contributed by atoms with Gasteiger partial charge in [0.15, 0.2) is 0 Å². The Labute approximate surface area is 88.4 Å². The number of nitrogens with one attached hydrogen (secondary N) is 1. The molecule has 1 aliphatic rings. The van der Waals surface area contributed by atoms with E-state index in [1.54, 1.807) is 7.11 Å². The van der Waals surface area contributed by atoms with Gasteiger partial charge < -0.3 is 10.1 Å². The van der Waals surface area contributed by atoms with Crippen molar-refractivity contribution < 1.29 is 4.74 Å². The Bertz CT molecular complexity index is 164. The van der Waals surface area contributed by atoms with Crippen LogP contribution in [0, 0.1) is 5.92 Å². The Morgan fingerprint density at radius 1 is 1.43 bits per heavy atom. The molecule has 0 heterocycles. The summed E-state index contributed by atoms with van der Waals surface area (Å²) in [5, 5.41) is 3.57. The smallest absolute Gasteiger partial charge is 0.0622 e. The molecule has 0 aromatic carbocycles. The van der Waals surface area contributed by atoms with Crippen molar-refractivity contribution in [2.24, 2.45) is 5.92 Å². The molecule has 14 heavy (non-hydrogen) atoms. The summed E-state index contributed by atoms with van der Waals surface area (Å²) in [6, 6.07) is 0.841. The van der Waals surface area contributed by atoms with Crippen LogP contribution in [0.15, 0.2) is 0 Å². The number of methoxy groups -OCH3 is 1. The average molecular weight is 199 g/mol. The SMILES string of the molecule is COC(C)(C)CCC(C)CNC1CC1. The second-order valence-electron chi connectivity index (χ2n) is 5.29. The van der Waals surface area contributed by atoms with Crippen LogP contribution in [0.4, 0.5) is 0 Å². The van der Waals surface area contributed by atoms with Gasteiger partial charge in [-0.05, 0) is 52.0 Å². The maximum atomic E-state index is 5.41. The van der Waals surface area contributed by atoms with E-state index in [1.165, 1.54) is 25.8 Å². The first kappa shape index (κ1) is 12.0. The van der Waals surface area contributed by atoms with E-state index in [0.717, 1.165) is 18.4 Å². The Morgan fingerprint density at radius 2 is 2.07 bits per heavy atom. The van der Waals surface area contributed by atoms with Gasteiger partial charge in [0.25, 0.3) is 0 Å². The molecule has 0 aromatic rings. The quantitative estimate of drug-likeness (QED) is 0.680. The van der Waals surface area contributed by atoms with E-state index in [9.17, 15) is 0 Å². The first-order valence-electron chi connectivity index (χ1n) is 5.82. The molecule has 0 aliphatic heterocycles. The van der Waals surface area contributed by atoms with Crippen LogP contribution < -0.4 is 5.32 Å². The Kier molecular flexibility index (Phi) is 4.39. The van der Waals surface area contributed by atoms with Crippen molar-refractivity contribution in [2.75, 3.05) is 13.7 Å². The molecule has 0 aromatic heterocycles. The number of hydrogen-bond acceptors (Lipinski definition) is 2. The van der Waals surface area contributed by atoms with E-state index in [-0.39, 0.29) is 5.60 Å². The van der Waals surface area contributed by atoms with E-state index >= 15 is 0 Å². The molecular formula is C12H25NO. The van der Waals surface area contributed by atoms with Crippen LogP contribution in [0.25, 0.3) is 0 Å². The lowest BCUT2D eigenvalue weighted by Gasteiger charge is -2.24. The molecule has 1 rings (SSSR count). The maximum Gasteiger partial charge on any atom is 0.0622 e. The molecule has 0 saturated heterocycles. The third-order valence-electron chi connectivity index (χ3n) is 3.12. The number of hydrogen-bond donors (Lipinski definition) is 1. The molecule has 0 spiro atoms. The second kappa shape index (κ2) is 5.13. The summed E-state index contributed by atoms with van der Waals surface area (Å²) in [6.45, 7) is 7.81.